The lowest BCUT2D eigenvalue weighted by molar-refractivity contribution is -0.113. The molecule has 0 fully saturated rings. The third kappa shape index (κ3) is 4.61. The van der Waals surface area contributed by atoms with Gasteiger partial charge in [0.15, 0.2) is 4.34 Å². The van der Waals surface area contributed by atoms with Crippen molar-refractivity contribution in [2.45, 2.75) is 11.3 Å². The summed E-state index contributed by atoms with van der Waals surface area (Å²) in [7, 11) is 0. The highest BCUT2D eigenvalue weighted by molar-refractivity contribution is 14.1. The van der Waals surface area contributed by atoms with E-state index in [1.54, 1.807) is 11.3 Å². The summed E-state index contributed by atoms with van der Waals surface area (Å²) in [5, 5.41) is 2.89. The van der Waals surface area contributed by atoms with E-state index in [-0.39, 0.29) is 5.91 Å². The van der Waals surface area contributed by atoms with Gasteiger partial charge in [-0.1, -0.05) is 11.8 Å². The fourth-order valence-electron chi connectivity index (χ4n) is 2.06. The zero-order valence-corrected chi connectivity index (χ0v) is 16.7. The number of carbonyl (C=O) groups excluding carboxylic acids is 1. The van der Waals surface area contributed by atoms with Gasteiger partial charge < -0.3 is 10.1 Å². The van der Waals surface area contributed by atoms with Crippen LogP contribution in [0.2, 0.25) is 0 Å². The molecule has 1 heterocycles. The average Bonchev–Trinajstić information content (AvgIpc) is 2.98. The van der Waals surface area contributed by atoms with Gasteiger partial charge >= 0.3 is 0 Å². The second-order valence-electron chi connectivity index (χ2n) is 4.89. The minimum Gasteiger partial charge on any atom is -0.494 e. The number of carbonyl (C=O) groups is 1. The number of fused-ring (bicyclic) bond motifs is 1. The topological polar surface area (TPSA) is 51.2 Å². The molecule has 0 bridgehead atoms. The third-order valence-electron chi connectivity index (χ3n) is 3.11. The minimum absolute atomic E-state index is 0.0320. The molecule has 0 aliphatic carbocycles. The number of anilines is 1. The molecule has 124 valence electrons. The molecule has 1 amide bonds. The minimum atomic E-state index is -0.0320. The quantitative estimate of drug-likeness (QED) is 0.406. The van der Waals surface area contributed by atoms with Crippen LogP contribution in [-0.4, -0.2) is 23.3 Å². The van der Waals surface area contributed by atoms with E-state index >= 15 is 0 Å². The molecule has 3 aromatic rings. The molecule has 24 heavy (non-hydrogen) atoms. The maximum Gasteiger partial charge on any atom is 0.234 e. The molecule has 3 rings (SSSR count). The number of nitrogens with one attached hydrogen (secondary N) is 1. The molecular formula is C17H15IN2O2S2. The second-order valence-corrected chi connectivity index (χ2v) is 8.38. The highest BCUT2D eigenvalue weighted by Crippen LogP contribution is 2.31. The van der Waals surface area contributed by atoms with Gasteiger partial charge in [-0.15, -0.1) is 11.3 Å². The Morgan fingerprint density at radius 1 is 1.29 bits per heavy atom. The highest BCUT2D eigenvalue weighted by atomic mass is 127. The molecule has 0 saturated carbocycles. The van der Waals surface area contributed by atoms with Crippen LogP contribution < -0.4 is 10.1 Å². The van der Waals surface area contributed by atoms with E-state index in [4.69, 9.17) is 4.74 Å². The lowest BCUT2D eigenvalue weighted by Gasteiger charge is -2.03. The number of benzene rings is 2. The monoisotopic (exact) mass is 470 g/mol. The molecular weight excluding hydrogens is 455 g/mol. The van der Waals surface area contributed by atoms with Gasteiger partial charge in [-0.05, 0) is 72.0 Å². The number of ether oxygens (including phenoxy) is 1. The number of thioether (sulfide) groups is 1. The van der Waals surface area contributed by atoms with E-state index in [2.05, 4.69) is 32.9 Å². The Labute approximate surface area is 162 Å². The number of nitrogens with zero attached hydrogens (tertiary/aromatic N) is 1. The fourth-order valence-corrected chi connectivity index (χ4v) is 4.32. The number of hydrogen-bond acceptors (Lipinski definition) is 5. The molecule has 0 saturated heterocycles. The van der Waals surface area contributed by atoms with Crippen LogP contribution in [0.25, 0.3) is 10.2 Å². The molecule has 2 aromatic carbocycles. The van der Waals surface area contributed by atoms with Crippen molar-refractivity contribution in [3.8, 4) is 5.75 Å². The first-order chi connectivity index (χ1) is 11.6. The molecule has 0 unspecified atom stereocenters. The van der Waals surface area contributed by atoms with Crippen molar-refractivity contribution in [1.82, 2.24) is 4.98 Å². The van der Waals surface area contributed by atoms with Gasteiger partial charge in [0.1, 0.15) is 5.75 Å². The predicted molar refractivity (Wildman–Crippen MR) is 109 cm³/mol. The fraction of sp³-hybridized carbons (Fsp3) is 0.176. The van der Waals surface area contributed by atoms with Crippen LogP contribution in [0.4, 0.5) is 5.69 Å². The van der Waals surface area contributed by atoms with E-state index in [1.807, 2.05) is 49.4 Å². The van der Waals surface area contributed by atoms with Gasteiger partial charge in [0.2, 0.25) is 5.91 Å². The number of aromatic nitrogens is 1. The first-order valence-corrected chi connectivity index (χ1v) is 10.2. The molecule has 1 N–H and O–H groups in total. The van der Waals surface area contributed by atoms with Crippen LogP contribution in [0.1, 0.15) is 6.92 Å². The van der Waals surface area contributed by atoms with E-state index in [1.165, 1.54) is 11.8 Å². The normalized spacial score (nSPS) is 10.8. The first kappa shape index (κ1) is 17.5. The average molecular weight is 470 g/mol. The van der Waals surface area contributed by atoms with Crippen LogP contribution >= 0.6 is 45.7 Å². The van der Waals surface area contributed by atoms with Gasteiger partial charge in [0.25, 0.3) is 0 Å². The van der Waals surface area contributed by atoms with Crippen LogP contribution in [0.5, 0.6) is 5.75 Å². The SMILES string of the molecule is CCOc1ccc2nc(SCC(=O)Nc3ccc(I)cc3)sc2c1. The Morgan fingerprint density at radius 2 is 2.08 bits per heavy atom. The van der Waals surface area contributed by atoms with Crippen molar-refractivity contribution in [2.75, 3.05) is 17.7 Å². The summed E-state index contributed by atoms with van der Waals surface area (Å²) >= 11 is 5.26. The lowest BCUT2D eigenvalue weighted by Crippen LogP contribution is -2.13. The molecule has 1 aromatic heterocycles. The number of rotatable bonds is 6. The number of thiazole rings is 1. The Morgan fingerprint density at radius 3 is 2.83 bits per heavy atom. The summed E-state index contributed by atoms with van der Waals surface area (Å²) in [5.41, 5.74) is 1.75. The summed E-state index contributed by atoms with van der Waals surface area (Å²) in [5.74, 6) is 1.15. The van der Waals surface area contributed by atoms with Crippen molar-refractivity contribution in [3.63, 3.8) is 0 Å². The van der Waals surface area contributed by atoms with Crippen molar-refractivity contribution < 1.29 is 9.53 Å². The standard InChI is InChI=1S/C17H15IN2O2S2/c1-2-22-13-7-8-14-15(9-13)24-17(20-14)23-10-16(21)19-12-5-3-11(18)4-6-12/h3-9H,2,10H2,1H3,(H,19,21). The Balaban J connectivity index is 1.60. The molecule has 0 atom stereocenters. The van der Waals surface area contributed by atoms with E-state index in [0.717, 1.165) is 29.6 Å². The molecule has 4 nitrogen and oxygen atoms in total. The molecule has 7 heteroatoms. The summed E-state index contributed by atoms with van der Waals surface area (Å²) < 4.78 is 8.60. The van der Waals surface area contributed by atoms with Crippen molar-refractivity contribution >= 4 is 67.5 Å². The smallest absolute Gasteiger partial charge is 0.234 e. The highest BCUT2D eigenvalue weighted by Gasteiger charge is 2.09. The summed E-state index contributed by atoms with van der Waals surface area (Å²) in [6.45, 7) is 2.61. The van der Waals surface area contributed by atoms with Gasteiger partial charge in [-0.3, -0.25) is 4.79 Å². The zero-order chi connectivity index (χ0) is 16.9. The Hall–Kier alpha value is -1.32. The Kier molecular flexibility index (Phi) is 5.96. The molecule has 0 aliphatic rings. The van der Waals surface area contributed by atoms with Crippen molar-refractivity contribution in [1.29, 1.82) is 0 Å². The van der Waals surface area contributed by atoms with Crippen molar-refractivity contribution in [2.24, 2.45) is 0 Å². The van der Waals surface area contributed by atoms with E-state index in [0.29, 0.717) is 12.4 Å². The van der Waals surface area contributed by atoms with Gasteiger partial charge in [-0.2, -0.15) is 0 Å². The Bertz CT molecular complexity index is 849. The molecule has 0 radical (unpaired) electrons. The first-order valence-electron chi connectivity index (χ1n) is 7.35. The predicted octanol–water partition coefficient (Wildman–Crippen LogP) is 5.03. The van der Waals surface area contributed by atoms with Crippen LogP contribution in [0.3, 0.4) is 0 Å². The maximum absolute atomic E-state index is 12.0. The summed E-state index contributed by atoms with van der Waals surface area (Å²) in [6, 6.07) is 13.6. The summed E-state index contributed by atoms with van der Waals surface area (Å²) in [6.07, 6.45) is 0. The van der Waals surface area contributed by atoms with Gasteiger partial charge in [0.05, 0.1) is 22.6 Å². The van der Waals surface area contributed by atoms with E-state index < -0.39 is 0 Å². The van der Waals surface area contributed by atoms with Crippen LogP contribution in [-0.2, 0) is 4.79 Å². The largest absolute Gasteiger partial charge is 0.494 e. The van der Waals surface area contributed by atoms with E-state index in [9.17, 15) is 4.79 Å². The number of hydrogen-bond donors (Lipinski definition) is 1. The van der Waals surface area contributed by atoms with Gasteiger partial charge in [0, 0.05) is 9.26 Å². The van der Waals surface area contributed by atoms with Gasteiger partial charge in [-0.25, -0.2) is 4.98 Å². The van der Waals surface area contributed by atoms with Crippen LogP contribution in [0, 0.1) is 3.57 Å². The zero-order valence-electron chi connectivity index (χ0n) is 12.9. The lowest BCUT2D eigenvalue weighted by atomic mass is 10.3. The number of halogens is 1. The summed E-state index contributed by atoms with van der Waals surface area (Å²) in [4.78, 5) is 16.6. The third-order valence-corrected chi connectivity index (χ3v) is 5.99. The second kappa shape index (κ2) is 8.17. The van der Waals surface area contributed by atoms with Crippen LogP contribution in [0.15, 0.2) is 46.8 Å². The van der Waals surface area contributed by atoms with Crippen molar-refractivity contribution in [3.05, 3.63) is 46.0 Å². The maximum atomic E-state index is 12.0. The number of amides is 1. The molecule has 0 aliphatic heterocycles. The molecule has 0 spiro atoms.